The fourth-order valence-corrected chi connectivity index (χ4v) is 3.14. The van der Waals surface area contributed by atoms with Crippen molar-refractivity contribution in [2.75, 3.05) is 6.54 Å². The van der Waals surface area contributed by atoms with Gasteiger partial charge in [0.2, 0.25) is 10.0 Å². The van der Waals surface area contributed by atoms with Crippen molar-refractivity contribution in [2.24, 2.45) is 0 Å². The standard InChI is InChI=1S/C14H18N2O3S/c1-3-12(17)9-16-20(18,19)13-6-4-5-11-7-10(2)8-15-14(11)13/h4-8,12,16-17H,3,9H2,1-2H3. The quantitative estimate of drug-likeness (QED) is 0.877. The molecule has 2 rings (SSSR count). The molecule has 1 unspecified atom stereocenters. The van der Waals surface area contributed by atoms with Gasteiger partial charge in [0, 0.05) is 18.1 Å². The number of benzene rings is 1. The third-order valence-electron chi connectivity index (χ3n) is 3.08. The summed E-state index contributed by atoms with van der Waals surface area (Å²) in [4.78, 5) is 4.35. The average Bonchev–Trinajstić information content (AvgIpc) is 2.43. The Hall–Kier alpha value is -1.50. The van der Waals surface area contributed by atoms with Crippen LogP contribution in [-0.2, 0) is 10.0 Å². The summed E-state index contributed by atoms with van der Waals surface area (Å²) < 4.78 is 27.0. The fraction of sp³-hybridized carbons (Fsp3) is 0.357. The number of pyridine rings is 1. The highest BCUT2D eigenvalue weighted by Crippen LogP contribution is 2.21. The molecule has 0 aliphatic carbocycles. The van der Waals surface area contributed by atoms with Crippen LogP contribution < -0.4 is 4.72 Å². The van der Waals surface area contributed by atoms with Crippen LogP contribution in [-0.4, -0.2) is 31.2 Å². The van der Waals surface area contributed by atoms with Crippen LogP contribution in [0.5, 0.6) is 0 Å². The van der Waals surface area contributed by atoms with Gasteiger partial charge in [-0.1, -0.05) is 19.1 Å². The van der Waals surface area contributed by atoms with Crippen LogP contribution in [0.3, 0.4) is 0 Å². The molecule has 0 aliphatic rings. The van der Waals surface area contributed by atoms with E-state index in [1.54, 1.807) is 19.2 Å². The molecule has 2 aromatic rings. The highest BCUT2D eigenvalue weighted by atomic mass is 32.2. The minimum atomic E-state index is -3.68. The number of sulfonamides is 1. The number of nitrogens with one attached hydrogen (secondary N) is 1. The lowest BCUT2D eigenvalue weighted by molar-refractivity contribution is 0.174. The monoisotopic (exact) mass is 294 g/mol. The van der Waals surface area contributed by atoms with Crippen LogP contribution in [0.25, 0.3) is 10.9 Å². The number of aromatic nitrogens is 1. The van der Waals surface area contributed by atoms with E-state index in [1.807, 2.05) is 19.1 Å². The summed E-state index contributed by atoms with van der Waals surface area (Å²) in [5, 5.41) is 10.3. The zero-order valence-corrected chi connectivity index (χ0v) is 12.3. The van der Waals surface area contributed by atoms with Crippen molar-refractivity contribution in [1.29, 1.82) is 0 Å². The first-order chi connectivity index (χ1) is 9.44. The molecule has 108 valence electrons. The second-order valence-electron chi connectivity index (χ2n) is 4.75. The SMILES string of the molecule is CCC(O)CNS(=O)(=O)c1cccc2cc(C)cnc12. The van der Waals surface area contributed by atoms with Crippen LogP contribution in [0.1, 0.15) is 18.9 Å². The van der Waals surface area contributed by atoms with E-state index in [-0.39, 0.29) is 11.4 Å². The third-order valence-corrected chi connectivity index (χ3v) is 4.54. The van der Waals surface area contributed by atoms with E-state index < -0.39 is 16.1 Å². The maximum Gasteiger partial charge on any atom is 0.242 e. The summed E-state index contributed by atoms with van der Waals surface area (Å²) in [6, 6.07) is 6.93. The first-order valence-corrected chi connectivity index (χ1v) is 7.95. The van der Waals surface area contributed by atoms with Gasteiger partial charge >= 0.3 is 0 Å². The summed E-state index contributed by atoms with van der Waals surface area (Å²) in [7, 11) is -3.68. The highest BCUT2D eigenvalue weighted by molar-refractivity contribution is 7.89. The summed E-state index contributed by atoms with van der Waals surface area (Å²) in [6.07, 6.45) is 1.45. The number of fused-ring (bicyclic) bond motifs is 1. The van der Waals surface area contributed by atoms with Gasteiger partial charge in [-0.05, 0) is 31.0 Å². The first kappa shape index (κ1) is 14.9. The molecule has 0 spiro atoms. The van der Waals surface area contributed by atoms with E-state index in [0.717, 1.165) is 10.9 Å². The summed E-state index contributed by atoms with van der Waals surface area (Å²) >= 11 is 0. The summed E-state index contributed by atoms with van der Waals surface area (Å²) in [5.41, 5.74) is 1.41. The van der Waals surface area contributed by atoms with Crippen LogP contribution >= 0.6 is 0 Å². The number of rotatable bonds is 5. The lowest BCUT2D eigenvalue weighted by atomic mass is 10.2. The van der Waals surface area contributed by atoms with Crippen molar-refractivity contribution in [3.8, 4) is 0 Å². The number of hydrogen-bond acceptors (Lipinski definition) is 4. The molecule has 1 atom stereocenters. The van der Waals surface area contributed by atoms with Crippen molar-refractivity contribution in [3.63, 3.8) is 0 Å². The molecule has 0 saturated heterocycles. The molecule has 1 aromatic heterocycles. The van der Waals surface area contributed by atoms with E-state index in [0.29, 0.717) is 11.9 Å². The Labute approximate surface area is 118 Å². The smallest absolute Gasteiger partial charge is 0.242 e. The Kier molecular flexibility index (Phi) is 4.37. The van der Waals surface area contributed by atoms with Crippen LogP contribution in [0.2, 0.25) is 0 Å². The Morgan fingerprint density at radius 2 is 2.15 bits per heavy atom. The van der Waals surface area contributed by atoms with Crippen molar-refractivity contribution in [1.82, 2.24) is 9.71 Å². The topological polar surface area (TPSA) is 79.3 Å². The summed E-state index contributed by atoms with van der Waals surface area (Å²) in [6.45, 7) is 3.70. The van der Waals surface area contributed by atoms with Crippen molar-refractivity contribution in [3.05, 3.63) is 36.0 Å². The first-order valence-electron chi connectivity index (χ1n) is 6.47. The number of aliphatic hydroxyl groups is 1. The van der Waals surface area contributed by atoms with Gasteiger partial charge in [0.05, 0.1) is 11.6 Å². The van der Waals surface area contributed by atoms with Gasteiger partial charge in [0.1, 0.15) is 4.90 Å². The van der Waals surface area contributed by atoms with Gasteiger partial charge < -0.3 is 5.11 Å². The van der Waals surface area contributed by atoms with Gasteiger partial charge in [-0.3, -0.25) is 4.98 Å². The second kappa shape index (κ2) is 5.87. The number of aliphatic hydroxyl groups excluding tert-OH is 1. The van der Waals surface area contributed by atoms with Crippen molar-refractivity contribution < 1.29 is 13.5 Å². The van der Waals surface area contributed by atoms with Crippen molar-refractivity contribution in [2.45, 2.75) is 31.3 Å². The van der Waals surface area contributed by atoms with E-state index >= 15 is 0 Å². The minimum Gasteiger partial charge on any atom is -0.392 e. The van der Waals surface area contributed by atoms with Gasteiger partial charge in [-0.15, -0.1) is 0 Å². The zero-order chi connectivity index (χ0) is 14.8. The Bertz CT molecular complexity index is 713. The maximum atomic E-state index is 12.3. The Morgan fingerprint density at radius 3 is 2.85 bits per heavy atom. The van der Waals surface area contributed by atoms with E-state index in [1.165, 1.54) is 6.07 Å². The van der Waals surface area contributed by atoms with E-state index in [9.17, 15) is 13.5 Å². The second-order valence-corrected chi connectivity index (χ2v) is 6.49. The van der Waals surface area contributed by atoms with Crippen molar-refractivity contribution >= 4 is 20.9 Å². The van der Waals surface area contributed by atoms with E-state index in [2.05, 4.69) is 9.71 Å². The maximum absolute atomic E-state index is 12.3. The molecule has 0 amide bonds. The summed E-state index contributed by atoms with van der Waals surface area (Å²) in [5.74, 6) is 0. The molecular weight excluding hydrogens is 276 g/mol. The zero-order valence-electron chi connectivity index (χ0n) is 11.5. The highest BCUT2D eigenvalue weighted by Gasteiger charge is 2.18. The van der Waals surface area contributed by atoms with Gasteiger partial charge in [-0.2, -0.15) is 0 Å². The number of para-hydroxylation sites is 1. The van der Waals surface area contributed by atoms with Crippen LogP contribution in [0.15, 0.2) is 35.4 Å². The fourth-order valence-electron chi connectivity index (χ4n) is 1.89. The van der Waals surface area contributed by atoms with Gasteiger partial charge in [0.25, 0.3) is 0 Å². The molecule has 1 heterocycles. The Balaban J connectivity index is 2.41. The molecule has 5 nitrogen and oxygen atoms in total. The molecule has 0 radical (unpaired) electrons. The molecule has 0 saturated carbocycles. The average molecular weight is 294 g/mol. The predicted molar refractivity (Wildman–Crippen MR) is 78.0 cm³/mol. The van der Waals surface area contributed by atoms with Crippen LogP contribution in [0, 0.1) is 6.92 Å². The van der Waals surface area contributed by atoms with E-state index in [4.69, 9.17) is 0 Å². The number of hydrogen-bond donors (Lipinski definition) is 2. The molecule has 0 bridgehead atoms. The van der Waals surface area contributed by atoms with Gasteiger partial charge in [0.15, 0.2) is 0 Å². The van der Waals surface area contributed by atoms with Crippen LogP contribution in [0.4, 0.5) is 0 Å². The third kappa shape index (κ3) is 3.15. The molecule has 0 aliphatic heterocycles. The normalized spacial score (nSPS) is 13.6. The minimum absolute atomic E-state index is 0.00107. The molecule has 20 heavy (non-hydrogen) atoms. The molecule has 2 N–H and O–H groups in total. The lowest BCUT2D eigenvalue weighted by Crippen LogP contribution is -2.32. The van der Waals surface area contributed by atoms with Gasteiger partial charge in [-0.25, -0.2) is 13.1 Å². The molecule has 0 fully saturated rings. The molecule has 6 heteroatoms. The Morgan fingerprint density at radius 1 is 1.40 bits per heavy atom. The molecule has 1 aromatic carbocycles. The lowest BCUT2D eigenvalue weighted by Gasteiger charge is -2.11. The molecular formula is C14H18N2O3S. The number of aryl methyl sites for hydroxylation is 1. The predicted octanol–water partition coefficient (Wildman–Crippen LogP) is 1.59. The number of nitrogens with zero attached hydrogens (tertiary/aromatic N) is 1. The largest absolute Gasteiger partial charge is 0.392 e.